The van der Waals surface area contributed by atoms with Crippen molar-refractivity contribution in [2.75, 3.05) is 5.73 Å². The van der Waals surface area contributed by atoms with Gasteiger partial charge in [0.05, 0.1) is 15.6 Å². The summed E-state index contributed by atoms with van der Waals surface area (Å²) < 4.78 is 13.5. The number of aryl methyl sites for hydroxylation is 1. The Balaban J connectivity index is 2.18. The van der Waals surface area contributed by atoms with Gasteiger partial charge in [-0.2, -0.15) is 0 Å². The van der Waals surface area contributed by atoms with Gasteiger partial charge >= 0.3 is 0 Å². The van der Waals surface area contributed by atoms with Crippen molar-refractivity contribution < 1.29 is 4.39 Å². The SMILES string of the molecule is CCc1nc(-c2cccc(F)c2)c(-c2ccnc(N)c2)s1. The van der Waals surface area contributed by atoms with Crippen LogP contribution < -0.4 is 5.73 Å². The van der Waals surface area contributed by atoms with Crippen molar-refractivity contribution in [3.05, 3.63) is 53.4 Å². The topological polar surface area (TPSA) is 51.8 Å². The molecule has 0 aliphatic heterocycles. The number of benzene rings is 1. The van der Waals surface area contributed by atoms with Crippen LogP contribution in [0.15, 0.2) is 42.6 Å². The monoisotopic (exact) mass is 299 g/mol. The first kappa shape index (κ1) is 13.7. The number of aromatic nitrogens is 2. The maximum Gasteiger partial charge on any atom is 0.123 e. The van der Waals surface area contributed by atoms with E-state index in [4.69, 9.17) is 5.73 Å². The smallest absolute Gasteiger partial charge is 0.123 e. The molecular weight excluding hydrogens is 285 g/mol. The molecule has 3 rings (SSSR count). The molecule has 0 aliphatic carbocycles. The van der Waals surface area contributed by atoms with Crippen molar-refractivity contribution in [3.8, 4) is 21.7 Å². The van der Waals surface area contributed by atoms with Gasteiger partial charge in [-0.1, -0.05) is 19.1 Å². The molecule has 0 atom stereocenters. The Kier molecular flexibility index (Phi) is 3.66. The van der Waals surface area contributed by atoms with Gasteiger partial charge < -0.3 is 5.73 Å². The first-order chi connectivity index (χ1) is 10.2. The van der Waals surface area contributed by atoms with Gasteiger partial charge in [0, 0.05) is 11.8 Å². The Morgan fingerprint density at radius 2 is 2.05 bits per heavy atom. The Morgan fingerprint density at radius 1 is 1.19 bits per heavy atom. The highest BCUT2D eigenvalue weighted by molar-refractivity contribution is 7.15. The van der Waals surface area contributed by atoms with Crippen LogP contribution in [0.3, 0.4) is 0 Å². The molecule has 3 nitrogen and oxygen atoms in total. The van der Waals surface area contributed by atoms with E-state index in [1.54, 1.807) is 23.6 Å². The summed E-state index contributed by atoms with van der Waals surface area (Å²) in [5.74, 6) is 0.197. The normalized spacial score (nSPS) is 10.8. The number of pyridine rings is 1. The van der Waals surface area contributed by atoms with E-state index in [-0.39, 0.29) is 5.82 Å². The fourth-order valence-electron chi connectivity index (χ4n) is 2.13. The molecule has 2 aromatic heterocycles. The maximum absolute atomic E-state index is 13.5. The van der Waals surface area contributed by atoms with Gasteiger partial charge in [0.2, 0.25) is 0 Å². The molecule has 0 saturated carbocycles. The molecule has 0 bridgehead atoms. The zero-order valence-corrected chi connectivity index (χ0v) is 12.3. The maximum atomic E-state index is 13.5. The highest BCUT2D eigenvalue weighted by Gasteiger charge is 2.15. The first-order valence-corrected chi connectivity index (χ1v) is 7.46. The van der Waals surface area contributed by atoms with Crippen molar-refractivity contribution in [2.24, 2.45) is 0 Å². The highest BCUT2D eigenvalue weighted by Crippen LogP contribution is 2.37. The van der Waals surface area contributed by atoms with Gasteiger partial charge in [-0.25, -0.2) is 14.4 Å². The van der Waals surface area contributed by atoms with Crippen LogP contribution in [0, 0.1) is 5.82 Å². The predicted molar refractivity (Wildman–Crippen MR) is 84.5 cm³/mol. The number of rotatable bonds is 3. The summed E-state index contributed by atoms with van der Waals surface area (Å²) in [5, 5.41) is 1.01. The number of hydrogen-bond donors (Lipinski definition) is 1. The van der Waals surface area contributed by atoms with Gasteiger partial charge in [-0.15, -0.1) is 11.3 Å². The van der Waals surface area contributed by atoms with Crippen LogP contribution in [0.5, 0.6) is 0 Å². The summed E-state index contributed by atoms with van der Waals surface area (Å²) in [6, 6.07) is 10.2. The molecule has 0 fully saturated rings. The molecule has 0 saturated heterocycles. The Bertz CT molecular complexity index is 720. The number of halogens is 1. The van der Waals surface area contributed by atoms with E-state index in [1.165, 1.54) is 12.1 Å². The van der Waals surface area contributed by atoms with Crippen LogP contribution in [0.25, 0.3) is 21.7 Å². The number of nitrogens with two attached hydrogens (primary N) is 1. The molecule has 5 heteroatoms. The number of hydrogen-bond acceptors (Lipinski definition) is 4. The second kappa shape index (κ2) is 5.61. The van der Waals surface area contributed by atoms with Gasteiger partial charge in [0.15, 0.2) is 0 Å². The summed E-state index contributed by atoms with van der Waals surface area (Å²) >= 11 is 1.61. The van der Waals surface area contributed by atoms with E-state index in [1.807, 2.05) is 18.2 Å². The summed E-state index contributed by atoms with van der Waals surface area (Å²) in [6.07, 6.45) is 2.51. The van der Waals surface area contributed by atoms with Gasteiger partial charge in [-0.3, -0.25) is 0 Å². The van der Waals surface area contributed by atoms with E-state index in [0.29, 0.717) is 5.82 Å². The highest BCUT2D eigenvalue weighted by atomic mass is 32.1. The molecule has 3 aromatic rings. The Labute approximate surface area is 126 Å². The number of nitrogen functional groups attached to an aromatic ring is 1. The average Bonchev–Trinajstić information content (AvgIpc) is 2.91. The summed E-state index contributed by atoms with van der Waals surface area (Å²) in [6.45, 7) is 2.05. The minimum absolute atomic E-state index is 0.265. The molecule has 1 aromatic carbocycles. The van der Waals surface area contributed by atoms with Crippen molar-refractivity contribution in [1.82, 2.24) is 9.97 Å². The third-order valence-electron chi connectivity index (χ3n) is 3.12. The molecule has 0 radical (unpaired) electrons. The van der Waals surface area contributed by atoms with Crippen molar-refractivity contribution in [2.45, 2.75) is 13.3 Å². The van der Waals surface area contributed by atoms with Crippen LogP contribution in [0.4, 0.5) is 10.2 Å². The van der Waals surface area contributed by atoms with Gasteiger partial charge in [-0.05, 0) is 36.2 Å². The zero-order chi connectivity index (χ0) is 14.8. The lowest BCUT2D eigenvalue weighted by Crippen LogP contribution is -1.90. The number of nitrogens with zero attached hydrogens (tertiary/aromatic N) is 2. The van der Waals surface area contributed by atoms with E-state index in [0.717, 1.165) is 33.1 Å². The lowest BCUT2D eigenvalue weighted by molar-refractivity contribution is 0.628. The van der Waals surface area contributed by atoms with Crippen LogP contribution in [0.2, 0.25) is 0 Å². The van der Waals surface area contributed by atoms with Crippen LogP contribution >= 0.6 is 11.3 Å². The molecule has 0 unspecified atom stereocenters. The third-order valence-corrected chi connectivity index (χ3v) is 4.36. The summed E-state index contributed by atoms with van der Waals surface area (Å²) in [7, 11) is 0. The molecule has 0 spiro atoms. The molecule has 21 heavy (non-hydrogen) atoms. The number of thiazole rings is 1. The lowest BCUT2D eigenvalue weighted by Gasteiger charge is -2.03. The second-order valence-electron chi connectivity index (χ2n) is 4.62. The van der Waals surface area contributed by atoms with Crippen LogP contribution in [-0.4, -0.2) is 9.97 Å². The van der Waals surface area contributed by atoms with Crippen molar-refractivity contribution in [3.63, 3.8) is 0 Å². The van der Waals surface area contributed by atoms with Crippen molar-refractivity contribution in [1.29, 1.82) is 0 Å². The first-order valence-electron chi connectivity index (χ1n) is 6.65. The van der Waals surface area contributed by atoms with E-state index >= 15 is 0 Å². The minimum Gasteiger partial charge on any atom is -0.384 e. The zero-order valence-electron chi connectivity index (χ0n) is 11.5. The van der Waals surface area contributed by atoms with E-state index in [9.17, 15) is 4.39 Å². The molecule has 2 N–H and O–H groups in total. The number of anilines is 1. The Morgan fingerprint density at radius 3 is 2.76 bits per heavy atom. The molecule has 106 valence electrons. The summed E-state index contributed by atoms with van der Waals surface area (Å²) in [5.41, 5.74) is 8.29. The van der Waals surface area contributed by atoms with Crippen molar-refractivity contribution >= 4 is 17.2 Å². The van der Waals surface area contributed by atoms with Crippen LogP contribution in [-0.2, 0) is 6.42 Å². The third kappa shape index (κ3) is 2.78. The quantitative estimate of drug-likeness (QED) is 0.790. The lowest BCUT2D eigenvalue weighted by atomic mass is 10.1. The molecule has 0 amide bonds. The minimum atomic E-state index is -0.265. The van der Waals surface area contributed by atoms with E-state index in [2.05, 4.69) is 16.9 Å². The predicted octanol–water partition coefficient (Wildman–Crippen LogP) is 4.16. The molecular formula is C16H14FN3S. The van der Waals surface area contributed by atoms with E-state index < -0.39 is 0 Å². The second-order valence-corrected chi connectivity index (χ2v) is 5.70. The van der Waals surface area contributed by atoms with Gasteiger partial charge in [0.25, 0.3) is 0 Å². The Hall–Kier alpha value is -2.27. The standard InChI is InChI=1S/C16H14FN3S/c1-2-14-20-15(10-4-3-5-12(17)8-10)16(21-14)11-6-7-19-13(18)9-11/h3-9H,2H2,1H3,(H2,18,19). The molecule has 2 heterocycles. The van der Waals surface area contributed by atoms with Gasteiger partial charge in [0.1, 0.15) is 11.6 Å². The fraction of sp³-hybridized carbons (Fsp3) is 0.125. The largest absolute Gasteiger partial charge is 0.384 e. The van der Waals surface area contributed by atoms with Crippen LogP contribution in [0.1, 0.15) is 11.9 Å². The fourth-order valence-corrected chi connectivity index (χ4v) is 3.15. The molecule has 0 aliphatic rings. The average molecular weight is 299 g/mol. The summed E-state index contributed by atoms with van der Waals surface area (Å²) in [4.78, 5) is 9.64.